The Hall–Kier alpha value is -3.39. The fraction of sp³-hybridized carbons (Fsp3) is 0.457. The molecular weight excluding hydrogens is 526 g/mol. The average molecular weight is 574 g/mol. The molecule has 0 spiro atoms. The summed E-state index contributed by atoms with van der Waals surface area (Å²) in [6, 6.07) is 20.6. The largest absolute Gasteiger partial charge is 0.467 e. The number of nitrogens with zero attached hydrogens (tertiary/aromatic N) is 2. The molecule has 42 heavy (non-hydrogen) atoms. The van der Waals surface area contributed by atoms with Crippen LogP contribution in [0.5, 0.6) is 0 Å². The van der Waals surface area contributed by atoms with Crippen LogP contribution >= 0.6 is 0 Å². The number of ether oxygens (including phenoxy) is 1. The van der Waals surface area contributed by atoms with Crippen LogP contribution in [-0.4, -0.2) is 64.7 Å². The van der Waals surface area contributed by atoms with E-state index in [0.29, 0.717) is 26.2 Å². The van der Waals surface area contributed by atoms with Crippen LogP contribution in [0.3, 0.4) is 0 Å². The number of aromatic amines is 1. The van der Waals surface area contributed by atoms with Crippen molar-refractivity contribution in [1.29, 1.82) is 0 Å². The molecule has 4 rings (SSSR count). The Morgan fingerprint density at radius 1 is 1.05 bits per heavy atom. The van der Waals surface area contributed by atoms with E-state index in [0.717, 1.165) is 42.6 Å². The molecule has 7 heteroatoms. The van der Waals surface area contributed by atoms with E-state index in [2.05, 4.69) is 86.2 Å². The minimum Gasteiger partial charge on any atom is -0.467 e. The van der Waals surface area contributed by atoms with Gasteiger partial charge in [-0.1, -0.05) is 76.6 Å². The van der Waals surface area contributed by atoms with E-state index in [4.69, 9.17) is 9.15 Å². The van der Waals surface area contributed by atoms with Gasteiger partial charge in [0.05, 0.1) is 25.5 Å². The van der Waals surface area contributed by atoms with Gasteiger partial charge in [-0.15, -0.1) is 0 Å². The van der Waals surface area contributed by atoms with E-state index in [9.17, 15) is 9.90 Å². The minimum atomic E-state index is -0.700. The van der Waals surface area contributed by atoms with Crippen molar-refractivity contribution in [2.45, 2.75) is 71.6 Å². The second-order valence-corrected chi connectivity index (χ2v) is 12.2. The highest BCUT2D eigenvalue weighted by Crippen LogP contribution is 2.23. The number of carbonyl (C=O) groups excluding carboxylic acids is 1. The van der Waals surface area contributed by atoms with Gasteiger partial charge in [0.25, 0.3) is 0 Å². The molecule has 0 unspecified atom stereocenters. The molecule has 0 aliphatic carbocycles. The summed E-state index contributed by atoms with van der Waals surface area (Å²) in [5, 5.41) is 11.9. The second kappa shape index (κ2) is 15.2. The quantitative estimate of drug-likeness (QED) is 0.164. The monoisotopic (exact) mass is 573 g/mol. The third kappa shape index (κ3) is 9.31. The molecule has 0 aliphatic rings. The summed E-state index contributed by atoms with van der Waals surface area (Å²) in [5.41, 5.74) is 4.78. The molecule has 4 aromatic rings. The number of aliphatic hydroxyl groups is 1. The van der Waals surface area contributed by atoms with Crippen molar-refractivity contribution in [3.63, 3.8) is 0 Å². The van der Waals surface area contributed by atoms with Crippen LogP contribution in [0, 0.1) is 0 Å². The number of para-hydroxylation sites is 1. The summed E-state index contributed by atoms with van der Waals surface area (Å²) >= 11 is 0. The molecule has 0 bridgehead atoms. The molecule has 226 valence electrons. The number of H-pyrrole nitrogens is 1. The number of rotatable bonds is 16. The van der Waals surface area contributed by atoms with Crippen LogP contribution in [0.25, 0.3) is 10.9 Å². The summed E-state index contributed by atoms with van der Waals surface area (Å²) in [6.45, 7) is 11.8. The maximum atomic E-state index is 13.9. The number of hydrogen-bond donors (Lipinski definition) is 2. The number of furan rings is 1. The van der Waals surface area contributed by atoms with Crippen molar-refractivity contribution in [1.82, 2.24) is 14.8 Å². The highest BCUT2D eigenvalue weighted by atomic mass is 16.5. The number of unbranched alkanes of at least 4 members (excludes halogenated alkanes) is 1. The highest BCUT2D eigenvalue weighted by Gasteiger charge is 2.21. The molecule has 2 heterocycles. The maximum Gasteiger partial charge on any atom is 0.237 e. The number of aromatic nitrogens is 1. The van der Waals surface area contributed by atoms with Gasteiger partial charge in [0.15, 0.2) is 0 Å². The highest BCUT2D eigenvalue weighted by molar-refractivity contribution is 5.83. The topological polar surface area (TPSA) is 81.9 Å². The molecular formula is C35H47N3O4. The standard InChI is InChI=1S/C35H47N3O4/c1-5-6-18-37(23-30(39)25-41-26-31-10-9-20-42-31)24-34(40)38(22-27-13-15-29(16-14-27)35(2,3)4)19-17-28-21-36-33-12-8-7-11-32(28)33/h7-16,20-21,30,36,39H,5-6,17-19,22-26H2,1-4H3/t30-/m0/s1. The predicted molar refractivity (Wildman–Crippen MR) is 168 cm³/mol. The average Bonchev–Trinajstić information content (AvgIpc) is 3.64. The second-order valence-electron chi connectivity index (χ2n) is 12.2. The van der Waals surface area contributed by atoms with Crippen molar-refractivity contribution >= 4 is 16.8 Å². The van der Waals surface area contributed by atoms with Crippen molar-refractivity contribution in [2.24, 2.45) is 0 Å². The Morgan fingerprint density at radius 2 is 1.83 bits per heavy atom. The van der Waals surface area contributed by atoms with Crippen LogP contribution in [0.15, 0.2) is 77.5 Å². The third-order valence-electron chi connectivity index (χ3n) is 7.66. The Balaban J connectivity index is 1.43. The van der Waals surface area contributed by atoms with Crippen LogP contribution in [0.1, 0.15) is 63.0 Å². The summed E-state index contributed by atoms with van der Waals surface area (Å²) in [7, 11) is 0. The minimum absolute atomic E-state index is 0.0644. The van der Waals surface area contributed by atoms with Gasteiger partial charge in [-0.25, -0.2) is 0 Å². The molecule has 1 amide bonds. The number of nitrogens with one attached hydrogen (secondary N) is 1. The molecule has 2 aromatic carbocycles. The molecule has 0 radical (unpaired) electrons. The van der Waals surface area contributed by atoms with E-state index in [1.165, 1.54) is 16.5 Å². The lowest BCUT2D eigenvalue weighted by Gasteiger charge is -2.29. The first-order valence-electron chi connectivity index (χ1n) is 15.2. The van der Waals surface area contributed by atoms with Gasteiger partial charge >= 0.3 is 0 Å². The third-order valence-corrected chi connectivity index (χ3v) is 7.66. The van der Waals surface area contributed by atoms with Crippen molar-refractivity contribution in [2.75, 3.05) is 32.8 Å². The maximum absolute atomic E-state index is 13.9. The van der Waals surface area contributed by atoms with Crippen molar-refractivity contribution in [3.05, 3.63) is 95.6 Å². The van der Waals surface area contributed by atoms with Gasteiger partial charge in [-0.2, -0.15) is 0 Å². The molecule has 1 atom stereocenters. The Labute approximate surface area is 250 Å². The smallest absolute Gasteiger partial charge is 0.237 e. The zero-order valence-corrected chi connectivity index (χ0v) is 25.6. The first kappa shape index (κ1) is 31.5. The number of aliphatic hydroxyl groups excluding tert-OH is 1. The van der Waals surface area contributed by atoms with Gasteiger partial charge in [0.1, 0.15) is 12.4 Å². The van der Waals surface area contributed by atoms with E-state index in [1.807, 2.05) is 23.1 Å². The molecule has 0 saturated heterocycles. The Bertz CT molecular complexity index is 1360. The summed E-state index contributed by atoms with van der Waals surface area (Å²) < 4.78 is 11.0. The molecule has 7 nitrogen and oxygen atoms in total. The molecule has 0 saturated carbocycles. The number of carbonyl (C=O) groups is 1. The zero-order valence-electron chi connectivity index (χ0n) is 25.6. The molecule has 2 N–H and O–H groups in total. The first-order valence-corrected chi connectivity index (χ1v) is 15.2. The van der Waals surface area contributed by atoms with Crippen LogP contribution in [0.4, 0.5) is 0 Å². The van der Waals surface area contributed by atoms with E-state index in [-0.39, 0.29) is 24.5 Å². The van der Waals surface area contributed by atoms with Gasteiger partial charge < -0.3 is 24.1 Å². The van der Waals surface area contributed by atoms with Gasteiger partial charge in [0.2, 0.25) is 5.91 Å². The van der Waals surface area contributed by atoms with Gasteiger partial charge in [-0.05, 0) is 59.7 Å². The summed E-state index contributed by atoms with van der Waals surface area (Å²) in [6.07, 6.45) is 5.69. The van der Waals surface area contributed by atoms with Gasteiger partial charge in [0, 0.05) is 36.7 Å². The lowest BCUT2D eigenvalue weighted by Crippen LogP contribution is -2.44. The Morgan fingerprint density at radius 3 is 2.55 bits per heavy atom. The number of fused-ring (bicyclic) bond motifs is 1. The van der Waals surface area contributed by atoms with E-state index < -0.39 is 6.10 Å². The first-order chi connectivity index (χ1) is 20.2. The number of amides is 1. The summed E-state index contributed by atoms with van der Waals surface area (Å²) in [5.74, 6) is 0.788. The van der Waals surface area contributed by atoms with Gasteiger partial charge in [-0.3, -0.25) is 9.69 Å². The SMILES string of the molecule is CCCCN(CC(=O)N(CCc1c[nH]c2ccccc12)Cc1ccc(C(C)(C)C)cc1)C[C@H](O)COCc1ccco1. The fourth-order valence-electron chi connectivity index (χ4n) is 5.17. The molecule has 0 fully saturated rings. The lowest BCUT2D eigenvalue weighted by atomic mass is 9.87. The van der Waals surface area contributed by atoms with Crippen LogP contribution in [0.2, 0.25) is 0 Å². The van der Waals surface area contributed by atoms with E-state index >= 15 is 0 Å². The Kier molecular flexibility index (Phi) is 11.4. The summed E-state index contributed by atoms with van der Waals surface area (Å²) in [4.78, 5) is 21.3. The van der Waals surface area contributed by atoms with Crippen molar-refractivity contribution < 1.29 is 19.1 Å². The number of benzene rings is 2. The fourth-order valence-corrected chi connectivity index (χ4v) is 5.17. The number of hydrogen-bond acceptors (Lipinski definition) is 5. The lowest BCUT2D eigenvalue weighted by molar-refractivity contribution is -0.133. The zero-order chi connectivity index (χ0) is 30.0. The molecule has 0 aliphatic heterocycles. The van der Waals surface area contributed by atoms with Crippen LogP contribution in [-0.2, 0) is 34.5 Å². The van der Waals surface area contributed by atoms with Crippen molar-refractivity contribution in [3.8, 4) is 0 Å². The predicted octanol–water partition coefficient (Wildman–Crippen LogP) is 6.31. The van der Waals surface area contributed by atoms with Crippen LogP contribution < -0.4 is 0 Å². The normalized spacial score (nSPS) is 12.7. The molecule has 2 aromatic heterocycles. The van der Waals surface area contributed by atoms with E-state index in [1.54, 1.807) is 6.26 Å².